The average molecular weight is 353 g/mol. The number of aromatic nitrogens is 5. The van der Waals surface area contributed by atoms with E-state index in [1.807, 2.05) is 18.2 Å². The number of carbonyl (C=O) groups is 1. The lowest BCUT2D eigenvalue weighted by atomic mass is 10.1. The molecule has 4 heterocycles. The van der Waals surface area contributed by atoms with Crippen LogP contribution in [0.3, 0.4) is 0 Å². The van der Waals surface area contributed by atoms with E-state index >= 15 is 0 Å². The number of hydrogen-bond acceptors (Lipinski definition) is 8. The first-order valence-corrected chi connectivity index (χ1v) is 8.80. The maximum atomic E-state index is 12.6. The van der Waals surface area contributed by atoms with Gasteiger partial charge >= 0.3 is 0 Å². The number of nitrogens with zero attached hydrogens (tertiary/aromatic N) is 6. The SMILES string of the molecule is O=C(Nc1nncs1)c1cnc(N2CCCC2)nc1-c1ccccn1. The van der Waals surface area contributed by atoms with E-state index in [9.17, 15) is 4.79 Å². The number of rotatable bonds is 4. The van der Waals surface area contributed by atoms with Crippen LogP contribution in [-0.2, 0) is 0 Å². The van der Waals surface area contributed by atoms with Crippen LogP contribution in [0.5, 0.6) is 0 Å². The number of anilines is 2. The van der Waals surface area contributed by atoms with Crippen LogP contribution in [0, 0.1) is 0 Å². The van der Waals surface area contributed by atoms with E-state index in [0.717, 1.165) is 25.9 Å². The zero-order valence-corrected chi connectivity index (χ0v) is 14.1. The summed E-state index contributed by atoms with van der Waals surface area (Å²) in [5, 5.41) is 10.7. The van der Waals surface area contributed by atoms with Crippen molar-refractivity contribution in [2.24, 2.45) is 0 Å². The third kappa shape index (κ3) is 3.31. The molecular weight excluding hydrogens is 338 g/mol. The molecule has 1 aliphatic heterocycles. The van der Waals surface area contributed by atoms with Gasteiger partial charge in [-0.05, 0) is 25.0 Å². The summed E-state index contributed by atoms with van der Waals surface area (Å²) >= 11 is 1.25. The molecule has 0 aromatic carbocycles. The Bertz CT molecular complexity index is 863. The van der Waals surface area contributed by atoms with E-state index in [1.54, 1.807) is 17.9 Å². The van der Waals surface area contributed by atoms with Crippen LogP contribution < -0.4 is 10.2 Å². The minimum atomic E-state index is -0.328. The summed E-state index contributed by atoms with van der Waals surface area (Å²) in [6, 6.07) is 5.53. The second-order valence-electron chi connectivity index (χ2n) is 5.54. The molecular formula is C16H15N7OS. The smallest absolute Gasteiger partial charge is 0.261 e. The Morgan fingerprint density at radius 2 is 2.08 bits per heavy atom. The maximum Gasteiger partial charge on any atom is 0.261 e. The highest BCUT2D eigenvalue weighted by Gasteiger charge is 2.21. The lowest BCUT2D eigenvalue weighted by molar-refractivity contribution is 0.102. The largest absolute Gasteiger partial charge is 0.341 e. The third-order valence-electron chi connectivity index (χ3n) is 3.90. The van der Waals surface area contributed by atoms with E-state index in [-0.39, 0.29) is 5.91 Å². The van der Waals surface area contributed by atoms with Gasteiger partial charge in [-0.3, -0.25) is 15.1 Å². The highest BCUT2D eigenvalue weighted by Crippen LogP contribution is 2.24. The lowest BCUT2D eigenvalue weighted by Gasteiger charge is -2.17. The number of hydrogen-bond donors (Lipinski definition) is 1. The molecule has 126 valence electrons. The van der Waals surface area contributed by atoms with Crippen LogP contribution in [-0.4, -0.2) is 44.1 Å². The summed E-state index contributed by atoms with van der Waals surface area (Å²) < 4.78 is 0. The van der Waals surface area contributed by atoms with Crippen molar-refractivity contribution in [1.82, 2.24) is 25.1 Å². The molecule has 9 heteroatoms. The molecule has 25 heavy (non-hydrogen) atoms. The minimum absolute atomic E-state index is 0.328. The molecule has 1 N–H and O–H groups in total. The van der Waals surface area contributed by atoms with Gasteiger partial charge in [-0.2, -0.15) is 0 Å². The van der Waals surface area contributed by atoms with Gasteiger partial charge in [-0.15, -0.1) is 10.2 Å². The Morgan fingerprint density at radius 3 is 2.80 bits per heavy atom. The molecule has 4 rings (SSSR count). The van der Waals surface area contributed by atoms with Crippen molar-refractivity contribution < 1.29 is 4.79 Å². The molecule has 0 bridgehead atoms. The lowest BCUT2D eigenvalue weighted by Crippen LogP contribution is -2.22. The van der Waals surface area contributed by atoms with Gasteiger partial charge in [0.25, 0.3) is 5.91 Å². The fourth-order valence-electron chi connectivity index (χ4n) is 2.70. The van der Waals surface area contributed by atoms with Crippen LogP contribution in [0.25, 0.3) is 11.4 Å². The number of pyridine rings is 1. The van der Waals surface area contributed by atoms with Gasteiger partial charge in [0.2, 0.25) is 11.1 Å². The number of amides is 1. The van der Waals surface area contributed by atoms with Crippen molar-refractivity contribution in [1.29, 1.82) is 0 Å². The van der Waals surface area contributed by atoms with Crippen LogP contribution >= 0.6 is 11.3 Å². The predicted octanol–water partition coefficient (Wildman–Crippen LogP) is 2.24. The average Bonchev–Trinajstić information content (AvgIpc) is 3.36. The highest BCUT2D eigenvalue weighted by atomic mass is 32.1. The summed E-state index contributed by atoms with van der Waals surface area (Å²) in [5.41, 5.74) is 3.06. The summed E-state index contributed by atoms with van der Waals surface area (Å²) in [6.45, 7) is 1.86. The van der Waals surface area contributed by atoms with Gasteiger partial charge < -0.3 is 4.90 Å². The number of nitrogens with one attached hydrogen (secondary N) is 1. The van der Waals surface area contributed by atoms with Crippen LogP contribution in [0.1, 0.15) is 23.2 Å². The van der Waals surface area contributed by atoms with Crippen molar-refractivity contribution in [3.8, 4) is 11.4 Å². The van der Waals surface area contributed by atoms with Crippen molar-refractivity contribution >= 4 is 28.3 Å². The topological polar surface area (TPSA) is 96.8 Å². The van der Waals surface area contributed by atoms with Crippen LogP contribution in [0.2, 0.25) is 0 Å². The molecule has 1 saturated heterocycles. The van der Waals surface area contributed by atoms with E-state index in [1.165, 1.54) is 11.3 Å². The maximum absolute atomic E-state index is 12.6. The number of carbonyl (C=O) groups excluding carboxylic acids is 1. The molecule has 1 aliphatic rings. The molecule has 3 aromatic rings. The van der Waals surface area contributed by atoms with Gasteiger partial charge in [0, 0.05) is 25.5 Å². The minimum Gasteiger partial charge on any atom is -0.341 e. The van der Waals surface area contributed by atoms with Gasteiger partial charge in [0.1, 0.15) is 11.2 Å². The molecule has 0 aliphatic carbocycles. The summed E-state index contributed by atoms with van der Waals surface area (Å²) in [4.78, 5) is 28.1. The third-order valence-corrected chi connectivity index (χ3v) is 4.50. The highest BCUT2D eigenvalue weighted by molar-refractivity contribution is 7.13. The van der Waals surface area contributed by atoms with Gasteiger partial charge in [0.15, 0.2) is 0 Å². The predicted molar refractivity (Wildman–Crippen MR) is 94.6 cm³/mol. The van der Waals surface area contributed by atoms with Crippen LogP contribution in [0.4, 0.5) is 11.1 Å². The normalized spacial score (nSPS) is 13.8. The first-order valence-electron chi connectivity index (χ1n) is 7.92. The monoisotopic (exact) mass is 353 g/mol. The summed E-state index contributed by atoms with van der Waals surface area (Å²) in [6.07, 6.45) is 5.49. The second kappa shape index (κ2) is 6.89. The molecule has 1 fully saturated rings. The van der Waals surface area contributed by atoms with Crippen molar-refractivity contribution in [2.45, 2.75) is 12.8 Å². The Hall–Kier alpha value is -2.94. The molecule has 1 amide bonds. The van der Waals surface area contributed by atoms with E-state index in [0.29, 0.717) is 28.0 Å². The summed E-state index contributed by atoms with van der Waals surface area (Å²) in [7, 11) is 0. The first-order chi connectivity index (χ1) is 12.3. The molecule has 0 spiro atoms. The molecule has 0 radical (unpaired) electrons. The van der Waals surface area contributed by atoms with Crippen molar-refractivity contribution in [2.75, 3.05) is 23.3 Å². The van der Waals surface area contributed by atoms with Gasteiger partial charge in [-0.1, -0.05) is 17.4 Å². The Balaban J connectivity index is 1.73. The van der Waals surface area contributed by atoms with E-state index in [2.05, 4.69) is 35.4 Å². The van der Waals surface area contributed by atoms with Crippen LogP contribution in [0.15, 0.2) is 36.1 Å². The summed E-state index contributed by atoms with van der Waals surface area (Å²) in [5.74, 6) is 0.302. The van der Waals surface area contributed by atoms with Crippen molar-refractivity contribution in [3.63, 3.8) is 0 Å². The zero-order chi connectivity index (χ0) is 17.1. The zero-order valence-electron chi connectivity index (χ0n) is 13.3. The molecule has 8 nitrogen and oxygen atoms in total. The quantitative estimate of drug-likeness (QED) is 0.768. The van der Waals surface area contributed by atoms with Gasteiger partial charge in [-0.25, -0.2) is 9.97 Å². The second-order valence-corrected chi connectivity index (χ2v) is 6.37. The Kier molecular flexibility index (Phi) is 4.30. The van der Waals surface area contributed by atoms with E-state index < -0.39 is 0 Å². The molecule has 3 aromatic heterocycles. The molecule has 0 atom stereocenters. The van der Waals surface area contributed by atoms with E-state index in [4.69, 9.17) is 0 Å². The van der Waals surface area contributed by atoms with Gasteiger partial charge in [0.05, 0.1) is 11.3 Å². The fourth-order valence-corrected chi connectivity index (χ4v) is 3.14. The molecule has 0 unspecified atom stereocenters. The fraction of sp³-hybridized carbons (Fsp3) is 0.250. The van der Waals surface area contributed by atoms with Crippen molar-refractivity contribution in [3.05, 3.63) is 41.7 Å². The Labute approximate surface area is 148 Å². The molecule has 0 saturated carbocycles. The first kappa shape index (κ1) is 15.6. The Morgan fingerprint density at radius 1 is 1.20 bits per heavy atom. The standard InChI is InChI=1S/C16H15N7OS/c24-14(21-16-22-19-10-25-16)11-9-18-15(23-7-3-4-8-23)20-13(11)12-5-1-2-6-17-12/h1-2,5-6,9-10H,3-4,7-8H2,(H,21,22,24).